The van der Waals surface area contributed by atoms with Gasteiger partial charge in [0.25, 0.3) is 0 Å². The summed E-state index contributed by atoms with van der Waals surface area (Å²) < 4.78 is 1.80. The fraction of sp³-hybridized carbons (Fsp3) is 0.786. The van der Waals surface area contributed by atoms with E-state index in [1.807, 2.05) is 18.8 Å². The number of aryl methyl sites for hydroxylation is 2. The van der Waals surface area contributed by atoms with Crippen LogP contribution in [0.5, 0.6) is 0 Å². The first kappa shape index (κ1) is 13.9. The normalized spacial score (nSPS) is 27.0. The van der Waals surface area contributed by atoms with E-state index in [4.69, 9.17) is 0 Å². The molecule has 0 N–H and O–H groups in total. The number of hydrogen-bond acceptors (Lipinski definition) is 4. The van der Waals surface area contributed by atoms with Gasteiger partial charge in [-0.1, -0.05) is 12.1 Å². The summed E-state index contributed by atoms with van der Waals surface area (Å²) in [7, 11) is 1.90. The van der Waals surface area contributed by atoms with Crippen molar-refractivity contribution in [2.24, 2.45) is 7.05 Å². The lowest BCUT2D eigenvalue weighted by Crippen LogP contribution is -2.38. The van der Waals surface area contributed by atoms with E-state index in [2.05, 4.69) is 22.1 Å². The summed E-state index contributed by atoms with van der Waals surface area (Å²) in [4.78, 5) is 14.9. The van der Waals surface area contributed by atoms with Gasteiger partial charge in [0, 0.05) is 31.1 Å². The van der Waals surface area contributed by atoms with Gasteiger partial charge in [-0.2, -0.15) is 11.8 Å². The Morgan fingerprint density at radius 3 is 3.05 bits per heavy atom. The van der Waals surface area contributed by atoms with Gasteiger partial charge in [0.05, 0.1) is 17.3 Å². The molecule has 2 aliphatic rings. The highest BCUT2D eigenvalue weighted by molar-refractivity contribution is 7.99. The van der Waals surface area contributed by atoms with Gasteiger partial charge in [-0.15, -0.1) is 5.10 Å². The van der Waals surface area contributed by atoms with E-state index in [1.165, 1.54) is 0 Å². The number of rotatable bonds is 1. The third-order valence-electron chi connectivity index (χ3n) is 4.36. The van der Waals surface area contributed by atoms with Crippen LogP contribution in [0.1, 0.15) is 43.5 Å². The molecule has 0 spiro atoms. The molecule has 2 atom stereocenters. The third-order valence-corrected chi connectivity index (χ3v) is 5.58. The molecule has 1 saturated heterocycles. The molecule has 0 bridgehead atoms. The molecule has 2 unspecified atom stereocenters. The average Bonchev–Trinajstić information content (AvgIpc) is 2.69. The van der Waals surface area contributed by atoms with Crippen LogP contribution in [-0.4, -0.2) is 49.9 Å². The number of nitrogens with zero attached hydrogens (tertiary/aromatic N) is 4. The number of aromatic nitrogens is 3. The van der Waals surface area contributed by atoms with Gasteiger partial charge in [-0.25, -0.2) is 0 Å². The first-order chi connectivity index (χ1) is 9.66. The number of thioether (sulfide) groups is 1. The molecule has 1 amide bonds. The minimum atomic E-state index is -0.0304. The molecule has 110 valence electrons. The Labute approximate surface area is 124 Å². The van der Waals surface area contributed by atoms with Crippen LogP contribution in [0.15, 0.2) is 0 Å². The Morgan fingerprint density at radius 2 is 2.20 bits per heavy atom. The van der Waals surface area contributed by atoms with Crippen LogP contribution in [0.4, 0.5) is 0 Å². The Morgan fingerprint density at radius 1 is 1.35 bits per heavy atom. The highest BCUT2D eigenvalue weighted by Crippen LogP contribution is 2.32. The van der Waals surface area contributed by atoms with Crippen LogP contribution in [0.3, 0.4) is 0 Å². The molecule has 1 fully saturated rings. The van der Waals surface area contributed by atoms with Crippen molar-refractivity contribution in [3.05, 3.63) is 11.4 Å². The van der Waals surface area contributed by atoms with Gasteiger partial charge in [-0.3, -0.25) is 9.48 Å². The molecular formula is C14H22N4OS. The molecule has 1 aliphatic heterocycles. The topological polar surface area (TPSA) is 51.0 Å². The Balaban J connectivity index is 1.79. The number of hydrogen-bond donors (Lipinski definition) is 0. The molecular weight excluding hydrogens is 272 g/mol. The maximum atomic E-state index is 12.9. The lowest BCUT2D eigenvalue weighted by atomic mass is 9.88. The van der Waals surface area contributed by atoms with Crippen molar-refractivity contribution in [3.8, 4) is 0 Å². The first-order valence-corrected chi connectivity index (χ1v) is 8.50. The lowest BCUT2D eigenvalue weighted by molar-refractivity contribution is -0.133. The van der Waals surface area contributed by atoms with E-state index >= 15 is 0 Å². The van der Waals surface area contributed by atoms with E-state index in [0.717, 1.165) is 55.9 Å². The number of carbonyl (C=O) groups is 1. The zero-order chi connectivity index (χ0) is 14.1. The van der Waals surface area contributed by atoms with Crippen LogP contribution in [0, 0.1) is 0 Å². The fourth-order valence-electron chi connectivity index (χ4n) is 3.20. The van der Waals surface area contributed by atoms with Crippen LogP contribution in [0.25, 0.3) is 0 Å². The minimum absolute atomic E-state index is 0.0304. The van der Waals surface area contributed by atoms with Crippen LogP contribution >= 0.6 is 11.8 Å². The molecule has 1 aromatic rings. The summed E-state index contributed by atoms with van der Waals surface area (Å²) in [5.74, 6) is 1.30. The second kappa shape index (κ2) is 5.76. The first-order valence-electron chi connectivity index (χ1n) is 7.45. The molecule has 20 heavy (non-hydrogen) atoms. The van der Waals surface area contributed by atoms with Gasteiger partial charge in [0.1, 0.15) is 0 Å². The van der Waals surface area contributed by atoms with Crippen molar-refractivity contribution < 1.29 is 4.79 Å². The molecule has 3 rings (SSSR count). The summed E-state index contributed by atoms with van der Waals surface area (Å²) in [6, 6.07) is 0. The zero-order valence-corrected chi connectivity index (χ0v) is 13.0. The van der Waals surface area contributed by atoms with E-state index in [1.54, 1.807) is 4.68 Å². The number of carbonyl (C=O) groups excluding carboxylic acids is 1. The van der Waals surface area contributed by atoms with Crippen molar-refractivity contribution in [1.82, 2.24) is 19.9 Å². The van der Waals surface area contributed by atoms with Crippen molar-refractivity contribution >= 4 is 17.7 Å². The van der Waals surface area contributed by atoms with Gasteiger partial charge in [0.2, 0.25) is 5.91 Å². The summed E-state index contributed by atoms with van der Waals surface area (Å²) in [5.41, 5.74) is 2.07. The van der Waals surface area contributed by atoms with Crippen molar-refractivity contribution in [2.45, 2.75) is 43.8 Å². The summed E-state index contributed by atoms with van der Waals surface area (Å²) >= 11 is 1.97. The Kier molecular flexibility index (Phi) is 4.01. The van der Waals surface area contributed by atoms with Crippen LogP contribution in [-0.2, 0) is 18.3 Å². The summed E-state index contributed by atoms with van der Waals surface area (Å²) in [6.45, 7) is 4.03. The van der Waals surface area contributed by atoms with Gasteiger partial charge in [-0.05, 0) is 25.7 Å². The van der Waals surface area contributed by atoms with Gasteiger partial charge < -0.3 is 4.90 Å². The quantitative estimate of drug-likeness (QED) is 0.789. The fourth-order valence-corrected chi connectivity index (χ4v) is 4.20. The molecule has 0 saturated carbocycles. The highest BCUT2D eigenvalue weighted by atomic mass is 32.2. The molecule has 1 aromatic heterocycles. The Bertz CT molecular complexity index is 501. The van der Waals surface area contributed by atoms with Crippen LogP contribution < -0.4 is 0 Å². The predicted molar refractivity (Wildman–Crippen MR) is 79.8 cm³/mol. The smallest absolute Gasteiger partial charge is 0.231 e. The van der Waals surface area contributed by atoms with Crippen molar-refractivity contribution in [2.75, 3.05) is 18.8 Å². The molecule has 6 heteroatoms. The van der Waals surface area contributed by atoms with Gasteiger partial charge in [0.15, 0.2) is 0 Å². The maximum Gasteiger partial charge on any atom is 0.231 e. The number of amides is 1. The standard InChI is InChI=1S/C14H22N4OS/c1-10-6-7-18(8-9-20-10)14(19)11-4-3-5-12-13(11)17(2)16-15-12/h10-11H,3-9H2,1-2H3. The van der Waals surface area contributed by atoms with E-state index in [-0.39, 0.29) is 11.8 Å². The second-order valence-corrected chi connectivity index (χ2v) is 7.33. The monoisotopic (exact) mass is 294 g/mol. The lowest BCUT2D eigenvalue weighted by Gasteiger charge is -2.28. The molecule has 2 heterocycles. The predicted octanol–water partition coefficient (Wildman–Crippen LogP) is 1.59. The highest BCUT2D eigenvalue weighted by Gasteiger charge is 2.34. The summed E-state index contributed by atoms with van der Waals surface area (Å²) in [5, 5.41) is 8.96. The maximum absolute atomic E-state index is 12.9. The minimum Gasteiger partial charge on any atom is -0.341 e. The second-order valence-electron chi connectivity index (χ2n) is 5.79. The van der Waals surface area contributed by atoms with E-state index in [9.17, 15) is 4.79 Å². The largest absolute Gasteiger partial charge is 0.341 e. The molecule has 5 nitrogen and oxygen atoms in total. The van der Waals surface area contributed by atoms with E-state index in [0.29, 0.717) is 5.25 Å². The average molecular weight is 294 g/mol. The molecule has 1 aliphatic carbocycles. The molecule has 0 aromatic carbocycles. The third kappa shape index (κ3) is 2.57. The van der Waals surface area contributed by atoms with Crippen LogP contribution in [0.2, 0.25) is 0 Å². The van der Waals surface area contributed by atoms with Gasteiger partial charge >= 0.3 is 0 Å². The van der Waals surface area contributed by atoms with Crippen molar-refractivity contribution in [1.29, 1.82) is 0 Å². The summed E-state index contributed by atoms with van der Waals surface area (Å²) in [6.07, 6.45) is 4.03. The Hall–Kier alpha value is -1.04. The molecule has 0 radical (unpaired) electrons. The van der Waals surface area contributed by atoms with Crippen molar-refractivity contribution in [3.63, 3.8) is 0 Å². The number of fused-ring (bicyclic) bond motifs is 1. The zero-order valence-electron chi connectivity index (χ0n) is 12.2. The SMILES string of the molecule is CC1CCN(C(=O)C2CCCc3nnn(C)c32)CCS1. The van der Waals surface area contributed by atoms with E-state index < -0.39 is 0 Å².